The first kappa shape index (κ1) is 18.4. The summed E-state index contributed by atoms with van der Waals surface area (Å²) in [5, 5.41) is 9.59. The third-order valence-corrected chi connectivity index (χ3v) is 4.16. The van der Waals surface area contributed by atoms with E-state index in [1.165, 1.54) is 12.1 Å². The van der Waals surface area contributed by atoms with Gasteiger partial charge in [0.2, 0.25) is 5.88 Å². The van der Waals surface area contributed by atoms with Gasteiger partial charge in [0.1, 0.15) is 24.0 Å². The Kier molecular flexibility index (Phi) is 4.69. The number of ether oxygens (including phenoxy) is 4. The number of nitrogens with zero attached hydrogens (tertiary/aromatic N) is 1. The molecule has 1 aromatic heterocycles. The lowest BCUT2D eigenvalue weighted by Gasteiger charge is -2.40. The molecule has 0 aromatic carbocycles. The Morgan fingerprint density at radius 2 is 1.92 bits per heavy atom. The highest BCUT2D eigenvalue weighted by Gasteiger charge is 2.55. The minimum Gasteiger partial charge on any atom is -0.469 e. The zero-order valence-electron chi connectivity index (χ0n) is 14.0. The van der Waals surface area contributed by atoms with Gasteiger partial charge in [-0.15, -0.1) is 0 Å². The predicted octanol–water partition coefficient (Wildman–Crippen LogP) is 2.15. The van der Waals surface area contributed by atoms with Crippen LogP contribution in [0.4, 0.5) is 13.2 Å². The van der Waals surface area contributed by atoms with Gasteiger partial charge >= 0.3 is 6.18 Å². The van der Waals surface area contributed by atoms with E-state index in [9.17, 15) is 18.3 Å². The summed E-state index contributed by atoms with van der Waals surface area (Å²) in [5.41, 5.74) is -1.06. The van der Waals surface area contributed by atoms with Gasteiger partial charge in [-0.2, -0.15) is 13.2 Å². The summed E-state index contributed by atoms with van der Waals surface area (Å²) in [6, 6.07) is 3.38. The highest BCUT2D eigenvalue weighted by molar-refractivity contribution is 5.18. The highest BCUT2D eigenvalue weighted by atomic mass is 19.4. The van der Waals surface area contributed by atoms with Crippen LogP contribution < -0.4 is 4.74 Å². The number of fused-ring (bicyclic) bond motifs is 1. The number of rotatable bonds is 3. The molecule has 0 bridgehead atoms. The molecule has 140 valence electrons. The Bertz CT molecular complexity index is 624. The van der Waals surface area contributed by atoms with E-state index in [0.29, 0.717) is 0 Å². The molecule has 0 unspecified atom stereocenters. The normalized spacial score (nSPS) is 34.6. The van der Waals surface area contributed by atoms with Crippen LogP contribution in [0, 0.1) is 0 Å². The Balaban J connectivity index is 1.86. The maximum Gasteiger partial charge on any atom is 0.433 e. The molecule has 0 amide bonds. The topological polar surface area (TPSA) is 70.0 Å². The Morgan fingerprint density at radius 1 is 1.24 bits per heavy atom. The van der Waals surface area contributed by atoms with E-state index in [2.05, 4.69) is 4.98 Å². The van der Waals surface area contributed by atoms with Crippen molar-refractivity contribution in [2.24, 2.45) is 0 Å². The quantitative estimate of drug-likeness (QED) is 0.888. The van der Waals surface area contributed by atoms with Crippen LogP contribution in [0.3, 0.4) is 0 Å². The number of aliphatic hydroxyl groups excluding tert-OH is 1. The van der Waals surface area contributed by atoms with Crippen LogP contribution in [0.15, 0.2) is 18.2 Å². The molecule has 3 rings (SSSR count). The third-order valence-electron chi connectivity index (χ3n) is 4.16. The molecule has 1 aromatic rings. The third kappa shape index (κ3) is 3.74. The molecule has 2 aliphatic rings. The maximum atomic E-state index is 12.8. The second-order valence-corrected chi connectivity index (χ2v) is 6.57. The zero-order valence-corrected chi connectivity index (χ0v) is 14.0. The number of alkyl halides is 3. The fourth-order valence-electron chi connectivity index (χ4n) is 3.14. The number of hydrogen-bond acceptors (Lipinski definition) is 6. The van der Waals surface area contributed by atoms with Crippen molar-refractivity contribution in [3.05, 3.63) is 23.9 Å². The molecular formula is C16H20F3NO5. The average Bonchev–Trinajstić information content (AvgIpc) is 2.85. The molecular weight excluding hydrogens is 343 g/mol. The van der Waals surface area contributed by atoms with Crippen molar-refractivity contribution >= 4 is 0 Å². The van der Waals surface area contributed by atoms with E-state index < -0.39 is 42.1 Å². The lowest BCUT2D eigenvalue weighted by Crippen LogP contribution is -2.58. The van der Waals surface area contributed by atoms with Gasteiger partial charge in [0, 0.05) is 6.07 Å². The first-order chi connectivity index (χ1) is 11.6. The standard InChI is InChI=1S/C16H20F3NO5/c1-8-12-14(25-15(2,3)24-12)13(9(7-21)22-8)23-11-6-4-5-10(20-11)16(17,18)19/h4-6,8-9,12-14,21H,7H2,1-3H3/t8-,9-,12+,13+,14+/m1/s1. The van der Waals surface area contributed by atoms with E-state index in [4.69, 9.17) is 18.9 Å². The van der Waals surface area contributed by atoms with Crippen molar-refractivity contribution in [3.8, 4) is 5.88 Å². The first-order valence-corrected chi connectivity index (χ1v) is 7.93. The smallest absolute Gasteiger partial charge is 0.433 e. The average molecular weight is 363 g/mol. The van der Waals surface area contributed by atoms with Crippen LogP contribution in [0.25, 0.3) is 0 Å². The van der Waals surface area contributed by atoms with Crippen LogP contribution in [-0.2, 0) is 20.4 Å². The molecule has 6 nitrogen and oxygen atoms in total. The molecule has 9 heteroatoms. The SMILES string of the molecule is C[C@H]1O[C@H](CO)[C@H](Oc2cccc(C(F)(F)F)n2)[C@H]2OC(C)(C)O[C@H]21. The molecule has 5 atom stereocenters. The summed E-state index contributed by atoms with van der Waals surface area (Å²) in [4.78, 5) is 3.50. The van der Waals surface area contributed by atoms with Crippen LogP contribution in [0.2, 0.25) is 0 Å². The number of pyridine rings is 1. The minimum atomic E-state index is -4.58. The van der Waals surface area contributed by atoms with Gasteiger partial charge in [-0.1, -0.05) is 6.07 Å². The maximum absolute atomic E-state index is 12.8. The molecule has 1 N–H and O–H groups in total. The van der Waals surface area contributed by atoms with Gasteiger partial charge in [-0.3, -0.25) is 0 Å². The van der Waals surface area contributed by atoms with Crippen LogP contribution in [-0.4, -0.2) is 53.0 Å². The van der Waals surface area contributed by atoms with E-state index in [1.54, 1.807) is 20.8 Å². The second-order valence-electron chi connectivity index (χ2n) is 6.57. The Hall–Kier alpha value is -1.42. The number of aromatic nitrogens is 1. The second kappa shape index (κ2) is 6.39. The molecule has 0 radical (unpaired) electrons. The lowest BCUT2D eigenvalue weighted by atomic mass is 9.96. The van der Waals surface area contributed by atoms with Crippen molar-refractivity contribution < 1.29 is 37.2 Å². The molecule has 2 aliphatic heterocycles. The molecule has 2 saturated heterocycles. The van der Waals surface area contributed by atoms with Gasteiger partial charge in [0.15, 0.2) is 11.9 Å². The summed E-state index contributed by atoms with van der Waals surface area (Å²) < 4.78 is 61.5. The van der Waals surface area contributed by atoms with Gasteiger partial charge < -0.3 is 24.1 Å². The van der Waals surface area contributed by atoms with Crippen LogP contribution in [0.1, 0.15) is 26.5 Å². The summed E-state index contributed by atoms with van der Waals surface area (Å²) in [6.45, 7) is 4.86. The molecule has 0 aliphatic carbocycles. The van der Waals surface area contributed by atoms with Gasteiger partial charge in [-0.25, -0.2) is 4.98 Å². The van der Waals surface area contributed by atoms with Gasteiger partial charge in [0.25, 0.3) is 0 Å². The van der Waals surface area contributed by atoms with E-state index in [1.807, 2.05) is 0 Å². The molecule has 3 heterocycles. The molecule has 0 spiro atoms. The van der Waals surface area contributed by atoms with Crippen molar-refractivity contribution in [3.63, 3.8) is 0 Å². The predicted molar refractivity (Wildman–Crippen MR) is 78.9 cm³/mol. The summed E-state index contributed by atoms with van der Waals surface area (Å²) >= 11 is 0. The molecule has 2 fully saturated rings. The summed E-state index contributed by atoms with van der Waals surface area (Å²) in [7, 11) is 0. The Labute approximate surface area is 142 Å². The Morgan fingerprint density at radius 3 is 2.56 bits per heavy atom. The van der Waals surface area contributed by atoms with Crippen LogP contribution in [0.5, 0.6) is 5.88 Å². The van der Waals surface area contributed by atoms with Crippen molar-refractivity contribution in [2.75, 3.05) is 6.61 Å². The number of hydrogen-bond donors (Lipinski definition) is 1. The lowest BCUT2D eigenvalue weighted by molar-refractivity contribution is -0.184. The van der Waals surface area contributed by atoms with Gasteiger partial charge in [0.05, 0.1) is 12.7 Å². The fourth-order valence-corrected chi connectivity index (χ4v) is 3.14. The fraction of sp³-hybridized carbons (Fsp3) is 0.688. The molecule has 25 heavy (non-hydrogen) atoms. The van der Waals surface area contributed by atoms with Crippen molar-refractivity contribution in [1.82, 2.24) is 4.98 Å². The van der Waals surface area contributed by atoms with E-state index >= 15 is 0 Å². The minimum absolute atomic E-state index is 0.219. The number of aliphatic hydroxyl groups is 1. The largest absolute Gasteiger partial charge is 0.469 e. The monoisotopic (exact) mass is 363 g/mol. The summed E-state index contributed by atoms with van der Waals surface area (Å²) in [6.07, 6.45) is -7.64. The van der Waals surface area contributed by atoms with Crippen molar-refractivity contribution in [2.45, 2.75) is 63.3 Å². The van der Waals surface area contributed by atoms with E-state index in [0.717, 1.165) is 6.07 Å². The zero-order chi connectivity index (χ0) is 18.4. The van der Waals surface area contributed by atoms with Gasteiger partial charge in [-0.05, 0) is 26.8 Å². The molecule has 0 saturated carbocycles. The van der Waals surface area contributed by atoms with E-state index in [-0.39, 0.29) is 18.6 Å². The van der Waals surface area contributed by atoms with Crippen LogP contribution >= 0.6 is 0 Å². The summed E-state index contributed by atoms with van der Waals surface area (Å²) in [5.74, 6) is -1.11. The van der Waals surface area contributed by atoms with Crippen molar-refractivity contribution in [1.29, 1.82) is 0 Å². The number of halogens is 3. The highest BCUT2D eigenvalue weighted by Crippen LogP contribution is 2.39. The first-order valence-electron chi connectivity index (χ1n) is 7.93.